The quantitative estimate of drug-likeness (QED) is 0.832. The van der Waals surface area contributed by atoms with Crippen LogP contribution in [0.25, 0.3) is 0 Å². The number of halogens is 1. The van der Waals surface area contributed by atoms with E-state index in [1.807, 2.05) is 0 Å². The van der Waals surface area contributed by atoms with Crippen molar-refractivity contribution >= 4 is 5.91 Å². The molecule has 0 saturated heterocycles. The fourth-order valence-electron chi connectivity index (χ4n) is 1.90. The van der Waals surface area contributed by atoms with Crippen molar-refractivity contribution in [3.8, 4) is 5.88 Å². The van der Waals surface area contributed by atoms with Gasteiger partial charge in [0.15, 0.2) is 5.82 Å². The Balaban J connectivity index is 2.01. The molecule has 7 heteroatoms. The first-order chi connectivity index (χ1) is 10.6. The molecular weight excluding hydrogens is 289 g/mol. The number of nitrogens with zero attached hydrogens (tertiary/aromatic N) is 2. The molecule has 6 nitrogen and oxygen atoms in total. The van der Waals surface area contributed by atoms with Crippen molar-refractivity contribution < 1.29 is 19.0 Å². The van der Waals surface area contributed by atoms with Crippen LogP contribution in [0, 0.1) is 5.82 Å². The van der Waals surface area contributed by atoms with E-state index in [9.17, 15) is 14.3 Å². The van der Waals surface area contributed by atoms with Gasteiger partial charge in [-0.2, -0.15) is 4.98 Å². The van der Waals surface area contributed by atoms with Crippen molar-refractivity contribution in [2.75, 3.05) is 13.7 Å². The second-order valence-electron chi connectivity index (χ2n) is 4.52. The van der Waals surface area contributed by atoms with E-state index in [4.69, 9.17) is 4.74 Å². The van der Waals surface area contributed by atoms with Crippen LogP contribution in [0.1, 0.15) is 17.3 Å². The Morgan fingerprint density at radius 2 is 2.09 bits per heavy atom. The van der Waals surface area contributed by atoms with Crippen molar-refractivity contribution in [3.05, 3.63) is 53.7 Å². The molecule has 0 radical (unpaired) electrons. The van der Waals surface area contributed by atoms with Gasteiger partial charge < -0.3 is 15.2 Å². The average molecular weight is 305 g/mol. The number of rotatable bonds is 6. The second kappa shape index (κ2) is 7.46. The molecular formula is C15H16FN3O3. The molecule has 0 aliphatic carbocycles. The lowest BCUT2D eigenvalue weighted by Crippen LogP contribution is -2.31. The summed E-state index contributed by atoms with van der Waals surface area (Å²) in [6.07, 6.45) is 1.52. The zero-order chi connectivity index (χ0) is 15.9. The second-order valence-corrected chi connectivity index (χ2v) is 4.52. The van der Waals surface area contributed by atoms with E-state index in [1.165, 1.54) is 37.6 Å². The van der Waals surface area contributed by atoms with Crippen molar-refractivity contribution in [2.24, 2.45) is 0 Å². The van der Waals surface area contributed by atoms with Crippen LogP contribution >= 0.6 is 0 Å². The molecule has 116 valence electrons. The number of benzene rings is 1. The molecule has 1 heterocycles. The van der Waals surface area contributed by atoms with Crippen molar-refractivity contribution in [3.63, 3.8) is 0 Å². The summed E-state index contributed by atoms with van der Waals surface area (Å²) in [4.78, 5) is 20.2. The molecule has 2 rings (SSSR count). The monoisotopic (exact) mass is 305 g/mol. The van der Waals surface area contributed by atoms with Gasteiger partial charge >= 0.3 is 0 Å². The van der Waals surface area contributed by atoms with Gasteiger partial charge in [0, 0.05) is 12.3 Å². The molecule has 2 N–H and O–H groups in total. The summed E-state index contributed by atoms with van der Waals surface area (Å²) >= 11 is 0. The van der Waals surface area contributed by atoms with Gasteiger partial charge in [-0.15, -0.1) is 0 Å². The first-order valence-corrected chi connectivity index (χ1v) is 6.64. The van der Waals surface area contributed by atoms with Crippen molar-refractivity contribution in [1.82, 2.24) is 15.3 Å². The van der Waals surface area contributed by atoms with Crippen LogP contribution in [0.5, 0.6) is 5.88 Å². The number of aliphatic hydroxyl groups is 1. The lowest BCUT2D eigenvalue weighted by molar-refractivity contribution is -0.123. The maximum Gasteiger partial charge on any atom is 0.230 e. The zero-order valence-electron chi connectivity index (χ0n) is 12.0. The number of ether oxygens (including phenoxy) is 1. The Morgan fingerprint density at radius 3 is 2.73 bits per heavy atom. The molecule has 22 heavy (non-hydrogen) atoms. The Hall–Kier alpha value is -2.54. The molecule has 0 fully saturated rings. The normalized spacial score (nSPS) is 11.8. The average Bonchev–Trinajstić information content (AvgIpc) is 2.55. The Labute approximate surface area is 127 Å². The van der Waals surface area contributed by atoms with Gasteiger partial charge in [-0.05, 0) is 17.7 Å². The number of hydrogen-bond donors (Lipinski definition) is 2. The van der Waals surface area contributed by atoms with Crippen LogP contribution in [-0.4, -0.2) is 34.7 Å². The molecule has 0 spiro atoms. The van der Waals surface area contributed by atoms with Crippen LogP contribution in [0.2, 0.25) is 0 Å². The molecule has 1 amide bonds. The van der Waals surface area contributed by atoms with E-state index >= 15 is 0 Å². The third kappa shape index (κ3) is 3.98. The van der Waals surface area contributed by atoms with E-state index < -0.39 is 11.7 Å². The standard InChI is InChI=1S/C15H16FN3O3/c1-22-14-6-7-17-13(19-14)8-18-15(21)12(9-20)10-2-4-11(16)5-3-10/h2-7,12,20H,8-9H2,1H3,(H,18,21). The van der Waals surface area contributed by atoms with Crippen molar-refractivity contribution in [1.29, 1.82) is 0 Å². The van der Waals surface area contributed by atoms with Crippen LogP contribution in [0.4, 0.5) is 4.39 Å². The van der Waals surface area contributed by atoms with Gasteiger partial charge in [0.25, 0.3) is 0 Å². The van der Waals surface area contributed by atoms with Gasteiger partial charge in [-0.1, -0.05) is 12.1 Å². The summed E-state index contributed by atoms with van der Waals surface area (Å²) in [6, 6.07) is 7.03. The minimum absolute atomic E-state index is 0.105. The lowest BCUT2D eigenvalue weighted by atomic mass is 9.99. The summed E-state index contributed by atoms with van der Waals surface area (Å²) in [7, 11) is 1.49. The minimum atomic E-state index is -0.772. The number of carbonyl (C=O) groups is 1. The van der Waals surface area contributed by atoms with Gasteiger partial charge in [-0.3, -0.25) is 4.79 Å². The molecule has 1 atom stereocenters. The molecule has 0 aliphatic heterocycles. The number of hydrogen-bond acceptors (Lipinski definition) is 5. The van der Waals surface area contributed by atoms with E-state index in [-0.39, 0.29) is 19.1 Å². The summed E-state index contributed by atoms with van der Waals surface area (Å²) < 4.78 is 17.9. The summed E-state index contributed by atoms with van der Waals surface area (Å²) in [5.41, 5.74) is 0.535. The van der Waals surface area contributed by atoms with Crippen LogP contribution in [-0.2, 0) is 11.3 Å². The van der Waals surface area contributed by atoms with Gasteiger partial charge in [-0.25, -0.2) is 9.37 Å². The lowest BCUT2D eigenvalue weighted by Gasteiger charge is -2.14. The SMILES string of the molecule is COc1ccnc(CNC(=O)C(CO)c2ccc(F)cc2)n1. The van der Waals surface area contributed by atoms with Crippen molar-refractivity contribution in [2.45, 2.75) is 12.5 Å². The molecule has 1 unspecified atom stereocenters. The van der Waals surface area contributed by atoms with E-state index in [0.29, 0.717) is 17.3 Å². The highest BCUT2D eigenvalue weighted by molar-refractivity contribution is 5.83. The van der Waals surface area contributed by atoms with Crippen LogP contribution in [0.15, 0.2) is 36.5 Å². The molecule has 0 bridgehead atoms. The molecule has 0 saturated carbocycles. The Morgan fingerprint density at radius 1 is 1.36 bits per heavy atom. The third-order valence-electron chi connectivity index (χ3n) is 3.08. The highest BCUT2D eigenvalue weighted by Gasteiger charge is 2.19. The maximum absolute atomic E-state index is 12.9. The fourth-order valence-corrected chi connectivity index (χ4v) is 1.90. The summed E-state index contributed by atoms with van der Waals surface area (Å²) in [5.74, 6) is -0.766. The topological polar surface area (TPSA) is 84.3 Å². The largest absolute Gasteiger partial charge is 0.481 e. The van der Waals surface area contributed by atoms with Gasteiger partial charge in [0.1, 0.15) is 5.82 Å². The van der Waals surface area contributed by atoms with E-state index in [2.05, 4.69) is 15.3 Å². The summed E-state index contributed by atoms with van der Waals surface area (Å²) in [6.45, 7) is -0.274. The molecule has 1 aromatic carbocycles. The number of nitrogens with one attached hydrogen (secondary N) is 1. The number of methoxy groups -OCH3 is 1. The number of aliphatic hydroxyl groups excluding tert-OH is 1. The van der Waals surface area contributed by atoms with E-state index in [0.717, 1.165) is 0 Å². The summed E-state index contributed by atoms with van der Waals surface area (Å²) in [5, 5.41) is 12.0. The molecule has 2 aromatic rings. The third-order valence-corrected chi connectivity index (χ3v) is 3.08. The number of carbonyl (C=O) groups excluding carboxylic acids is 1. The predicted octanol–water partition coefficient (Wildman–Crippen LogP) is 1.02. The zero-order valence-corrected chi connectivity index (χ0v) is 12.0. The van der Waals surface area contributed by atoms with Crippen LogP contribution < -0.4 is 10.1 Å². The van der Waals surface area contributed by atoms with E-state index in [1.54, 1.807) is 6.07 Å². The fraction of sp³-hybridized carbons (Fsp3) is 0.267. The van der Waals surface area contributed by atoms with Gasteiger partial charge in [0.2, 0.25) is 11.8 Å². The number of aromatic nitrogens is 2. The highest BCUT2D eigenvalue weighted by Crippen LogP contribution is 2.16. The van der Waals surface area contributed by atoms with Gasteiger partial charge in [0.05, 0.1) is 26.2 Å². The number of amides is 1. The smallest absolute Gasteiger partial charge is 0.230 e. The Bertz CT molecular complexity index is 634. The minimum Gasteiger partial charge on any atom is -0.481 e. The predicted molar refractivity (Wildman–Crippen MR) is 76.7 cm³/mol. The first-order valence-electron chi connectivity index (χ1n) is 6.64. The molecule has 0 aliphatic rings. The molecule has 1 aromatic heterocycles. The highest BCUT2D eigenvalue weighted by atomic mass is 19.1. The Kier molecular flexibility index (Phi) is 5.37. The van der Waals surface area contributed by atoms with Crippen LogP contribution in [0.3, 0.4) is 0 Å². The maximum atomic E-state index is 12.9. The first kappa shape index (κ1) is 15.8.